The molecule has 0 radical (unpaired) electrons. The van der Waals surface area contributed by atoms with Gasteiger partial charge in [0.2, 0.25) is 5.91 Å². The Kier molecular flexibility index (Phi) is 4.36. The molecule has 5 nitrogen and oxygen atoms in total. The normalized spacial score (nSPS) is 31.5. The lowest BCUT2D eigenvalue weighted by Crippen LogP contribution is -2.54. The number of carbonyl (C=O) groups excluding carboxylic acids is 1. The van der Waals surface area contributed by atoms with Crippen LogP contribution in [0.25, 0.3) is 0 Å². The van der Waals surface area contributed by atoms with E-state index < -0.39 is 0 Å². The highest BCUT2D eigenvalue weighted by Gasteiger charge is 2.28. The Labute approximate surface area is 103 Å². The molecule has 2 aliphatic heterocycles. The summed E-state index contributed by atoms with van der Waals surface area (Å²) in [5.74, 6) is 0.245. The number of nitrogens with one attached hydrogen (secondary N) is 1. The number of ether oxygens (including phenoxy) is 1. The third-order valence-electron chi connectivity index (χ3n) is 3.50. The monoisotopic (exact) mass is 241 g/mol. The van der Waals surface area contributed by atoms with E-state index in [1.165, 1.54) is 0 Å². The molecule has 0 aromatic heterocycles. The van der Waals surface area contributed by atoms with E-state index in [2.05, 4.69) is 17.1 Å². The second kappa shape index (κ2) is 5.80. The van der Waals surface area contributed by atoms with Crippen LogP contribution in [0.4, 0.5) is 0 Å². The van der Waals surface area contributed by atoms with E-state index in [0.717, 1.165) is 32.7 Å². The van der Waals surface area contributed by atoms with Crippen molar-refractivity contribution in [3.05, 3.63) is 0 Å². The first-order chi connectivity index (χ1) is 8.16. The summed E-state index contributed by atoms with van der Waals surface area (Å²) in [5.41, 5.74) is 0. The molecule has 0 aliphatic carbocycles. The lowest BCUT2D eigenvalue weighted by atomic mass is 10.2. The van der Waals surface area contributed by atoms with Crippen LogP contribution in [0.5, 0.6) is 0 Å². The molecule has 0 aromatic carbocycles. The van der Waals surface area contributed by atoms with Gasteiger partial charge in [0.1, 0.15) is 0 Å². The molecule has 0 aromatic rings. The minimum absolute atomic E-state index is 0.165. The van der Waals surface area contributed by atoms with E-state index in [1.807, 2.05) is 11.8 Å². The number of nitrogens with zero attached hydrogens (tertiary/aromatic N) is 2. The Morgan fingerprint density at radius 2 is 2.06 bits per heavy atom. The van der Waals surface area contributed by atoms with Crippen LogP contribution in [-0.2, 0) is 9.53 Å². The molecule has 1 amide bonds. The Bertz CT molecular complexity index is 266. The summed E-state index contributed by atoms with van der Waals surface area (Å²) in [5, 5.41) is 3.30. The molecule has 2 saturated heterocycles. The summed E-state index contributed by atoms with van der Waals surface area (Å²) >= 11 is 0. The summed E-state index contributed by atoms with van der Waals surface area (Å²) in [6, 6.07) is 0.210. The van der Waals surface area contributed by atoms with Gasteiger partial charge in [0.05, 0.1) is 25.3 Å². The molecule has 2 rings (SSSR count). The zero-order valence-corrected chi connectivity index (χ0v) is 10.8. The molecular formula is C12H23N3O2. The summed E-state index contributed by atoms with van der Waals surface area (Å²) in [6.45, 7) is 9.95. The SMILES string of the molecule is CC1CN(C(=O)CN2CCNCC2)C(C)CO1. The Morgan fingerprint density at radius 3 is 2.76 bits per heavy atom. The maximum Gasteiger partial charge on any atom is 0.237 e. The van der Waals surface area contributed by atoms with Crippen molar-refractivity contribution in [1.29, 1.82) is 0 Å². The van der Waals surface area contributed by atoms with Crippen LogP contribution < -0.4 is 5.32 Å². The van der Waals surface area contributed by atoms with Gasteiger partial charge in [-0.25, -0.2) is 0 Å². The van der Waals surface area contributed by atoms with Crippen LogP contribution in [0.1, 0.15) is 13.8 Å². The summed E-state index contributed by atoms with van der Waals surface area (Å²) in [4.78, 5) is 16.4. The Hall–Kier alpha value is -0.650. The first kappa shape index (κ1) is 12.8. The predicted octanol–water partition coefficient (Wildman–Crippen LogP) is -0.473. The fourth-order valence-corrected chi connectivity index (χ4v) is 2.40. The van der Waals surface area contributed by atoms with Gasteiger partial charge < -0.3 is 15.0 Å². The van der Waals surface area contributed by atoms with Crippen molar-refractivity contribution >= 4 is 5.91 Å². The maximum atomic E-state index is 12.2. The van der Waals surface area contributed by atoms with Gasteiger partial charge >= 0.3 is 0 Å². The molecule has 2 fully saturated rings. The van der Waals surface area contributed by atoms with E-state index >= 15 is 0 Å². The van der Waals surface area contributed by atoms with Crippen molar-refractivity contribution in [2.24, 2.45) is 0 Å². The van der Waals surface area contributed by atoms with Crippen molar-refractivity contribution in [1.82, 2.24) is 15.1 Å². The molecule has 2 unspecified atom stereocenters. The molecule has 17 heavy (non-hydrogen) atoms. The van der Waals surface area contributed by atoms with Crippen LogP contribution >= 0.6 is 0 Å². The van der Waals surface area contributed by atoms with Crippen LogP contribution in [0.2, 0.25) is 0 Å². The van der Waals surface area contributed by atoms with Crippen molar-refractivity contribution in [3.8, 4) is 0 Å². The molecule has 2 aliphatic rings. The highest BCUT2D eigenvalue weighted by atomic mass is 16.5. The number of piperazine rings is 1. The lowest BCUT2D eigenvalue weighted by molar-refractivity contribution is -0.144. The zero-order valence-electron chi connectivity index (χ0n) is 10.8. The largest absolute Gasteiger partial charge is 0.375 e. The highest BCUT2D eigenvalue weighted by molar-refractivity contribution is 5.78. The second-order valence-electron chi connectivity index (χ2n) is 5.07. The first-order valence-electron chi connectivity index (χ1n) is 6.51. The molecule has 98 valence electrons. The van der Waals surface area contributed by atoms with Crippen molar-refractivity contribution in [2.75, 3.05) is 45.9 Å². The molecule has 0 bridgehead atoms. The Balaban J connectivity index is 1.85. The molecule has 2 atom stereocenters. The maximum absolute atomic E-state index is 12.2. The van der Waals surface area contributed by atoms with Crippen LogP contribution in [0, 0.1) is 0 Å². The van der Waals surface area contributed by atoms with Gasteiger partial charge in [0.25, 0.3) is 0 Å². The third kappa shape index (κ3) is 3.40. The number of amides is 1. The highest BCUT2D eigenvalue weighted by Crippen LogP contribution is 2.12. The minimum Gasteiger partial charge on any atom is -0.375 e. The summed E-state index contributed by atoms with van der Waals surface area (Å²) in [6.07, 6.45) is 0.165. The number of morpholine rings is 1. The van der Waals surface area contributed by atoms with Gasteiger partial charge in [-0.05, 0) is 13.8 Å². The Morgan fingerprint density at radius 1 is 1.35 bits per heavy atom. The van der Waals surface area contributed by atoms with Crippen molar-refractivity contribution < 1.29 is 9.53 Å². The van der Waals surface area contributed by atoms with E-state index in [9.17, 15) is 4.79 Å². The second-order valence-corrected chi connectivity index (χ2v) is 5.07. The fraction of sp³-hybridized carbons (Fsp3) is 0.917. The molecule has 2 heterocycles. The quantitative estimate of drug-likeness (QED) is 0.710. The number of hydrogen-bond donors (Lipinski definition) is 1. The molecule has 1 N–H and O–H groups in total. The topological polar surface area (TPSA) is 44.8 Å². The van der Waals surface area contributed by atoms with Gasteiger partial charge in [-0.2, -0.15) is 0 Å². The predicted molar refractivity (Wildman–Crippen MR) is 65.9 cm³/mol. The zero-order chi connectivity index (χ0) is 12.3. The van der Waals surface area contributed by atoms with Crippen LogP contribution in [0.15, 0.2) is 0 Å². The number of hydrogen-bond acceptors (Lipinski definition) is 4. The van der Waals surface area contributed by atoms with E-state index in [-0.39, 0.29) is 18.1 Å². The average molecular weight is 241 g/mol. The summed E-state index contributed by atoms with van der Waals surface area (Å²) in [7, 11) is 0. The fourth-order valence-electron chi connectivity index (χ4n) is 2.40. The number of carbonyl (C=O) groups is 1. The van der Waals surface area contributed by atoms with Crippen molar-refractivity contribution in [3.63, 3.8) is 0 Å². The average Bonchev–Trinajstić information content (AvgIpc) is 2.33. The molecule has 5 heteroatoms. The number of rotatable bonds is 2. The minimum atomic E-state index is 0.165. The smallest absolute Gasteiger partial charge is 0.237 e. The van der Waals surface area contributed by atoms with Crippen LogP contribution in [0.3, 0.4) is 0 Å². The molecule has 0 saturated carbocycles. The van der Waals surface area contributed by atoms with Crippen molar-refractivity contribution in [2.45, 2.75) is 26.0 Å². The standard InChI is InChI=1S/C12H23N3O2/c1-10-9-17-11(2)7-15(10)12(16)8-14-5-3-13-4-6-14/h10-11,13H,3-9H2,1-2H3. The van der Waals surface area contributed by atoms with E-state index in [4.69, 9.17) is 4.74 Å². The van der Waals surface area contributed by atoms with Gasteiger partial charge in [-0.1, -0.05) is 0 Å². The molecule has 0 spiro atoms. The molecular weight excluding hydrogens is 218 g/mol. The lowest BCUT2D eigenvalue weighted by Gasteiger charge is -2.38. The van der Waals surface area contributed by atoms with Gasteiger partial charge in [-0.15, -0.1) is 0 Å². The van der Waals surface area contributed by atoms with Gasteiger partial charge in [-0.3, -0.25) is 9.69 Å². The first-order valence-corrected chi connectivity index (χ1v) is 6.51. The third-order valence-corrected chi connectivity index (χ3v) is 3.50. The summed E-state index contributed by atoms with van der Waals surface area (Å²) < 4.78 is 5.54. The van der Waals surface area contributed by atoms with E-state index in [0.29, 0.717) is 13.2 Å². The van der Waals surface area contributed by atoms with Gasteiger partial charge in [0, 0.05) is 32.7 Å². The van der Waals surface area contributed by atoms with E-state index in [1.54, 1.807) is 0 Å². The van der Waals surface area contributed by atoms with Gasteiger partial charge in [0.15, 0.2) is 0 Å². The van der Waals surface area contributed by atoms with Crippen LogP contribution in [-0.4, -0.2) is 73.7 Å².